The van der Waals surface area contributed by atoms with E-state index in [1.165, 1.54) is 22.3 Å². The Labute approximate surface area is 134 Å². The van der Waals surface area contributed by atoms with Crippen LogP contribution in [0.1, 0.15) is 33.9 Å². The number of benzene rings is 2. The van der Waals surface area contributed by atoms with Crippen LogP contribution >= 0.6 is 27.5 Å². The van der Waals surface area contributed by atoms with Gasteiger partial charge in [-0.3, -0.25) is 0 Å². The third-order valence-electron chi connectivity index (χ3n) is 3.83. The van der Waals surface area contributed by atoms with Crippen molar-refractivity contribution in [2.45, 2.75) is 26.8 Å². The number of rotatable bonds is 3. The summed E-state index contributed by atoms with van der Waals surface area (Å²) in [4.78, 5) is 0. The Hall–Kier alpha value is -0.830. The molecule has 0 heterocycles. The van der Waals surface area contributed by atoms with E-state index >= 15 is 0 Å². The summed E-state index contributed by atoms with van der Waals surface area (Å²) in [6, 6.07) is 10.6. The van der Waals surface area contributed by atoms with Crippen molar-refractivity contribution >= 4 is 27.5 Å². The van der Waals surface area contributed by atoms with Crippen molar-refractivity contribution in [1.29, 1.82) is 0 Å². The van der Waals surface area contributed by atoms with Crippen LogP contribution in [0.15, 0.2) is 34.8 Å². The van der Waals surface area contributed by atoms with E-state index in [0.717, 1.165) is 15.1 Å². The zero-order valence-corrected chi connectivity index (χ0v) is 14.6. The number of nitrogens with one attached hydrogen (secondary N) is 1. The van der Waals surface area contributed by atoms with Crippen molar-refractivity contribution in [2.75, 3.05) is 7.05 Å². The molecule has 106 valence electrons. The molecule has 1 atom stereocenters. The highest BCUT2D eigenvalue weighted by atomic mass is 79.9. The Morgan fingerprint density at radius 3 is 2.35 bits per heavy atom. The van der Waals surface area contributed by atoms with Gasteiger partial charge in [-0.2, -0.15) is 0 Å². The number of hydrogen-bond donors (Lipinski definition) is 1. The summed E-state index contributed by atoms with van der Waals surface area (Å²) in [6.07, 6.45) is 0. The van der Waals surface area contributed by atoms with Gasteiger partial charge < -0.3 is 5.32 Å². The summed E-state index contributed by atoms with van der Waals surface area (Å²) in [5.41, 5.74) is 6.09. The molecular formula is C17H19BrClN. The molecular weight excluding hydrogens is 334 g/mol. The van der Waals surface area contributed by atoms with Gasteiger partial charge in [-0.1, -0.05) is 45.7 Å². The zero-order chi connectivity index (χ0) is 14.9. The molecule has 0 aromatic heterocycles. The number of halogens is 2. The van der Waals surface area contributed by atoms with Gasteiger partial charge in [0.2, 0.25) is 0 Å². The van der Waals surface area contributed by atoms with E-state index in [1.54, 1.807) is 0 Å². The third-order valence-corrected chi connectivity index (χ3v) is 5.02. The largest absolute Gasteiger partial charge is 0.309 e. The minimum atomic E-state index is 0.0966. The van der Waals surface area contributed by atoms with Crippen LogP contribution in [0.5, 0.6) is 0 Å². The molecule has 0 aliphatic carbocycles. The van der Waals surface area contributed by atoms with Crippen LogP contribution in [0.2, 0.25) is 5.02 Å². The molecule has 0 saturated heterocycles. The molecule has 3 heteroatoms. The quantitative estimate of drug-likeness (QED) is 0.786. The van der Waals surface area contributed by atoms with Crippen molar-refractivity contribution in [2.24, 2.45) is 0 Å². The van der Waals surface area contributed by atoms with Crippen LogP contribution in [0, 0.1) is 20.8 Å². The lowest BCUT2D eigenvalue weighted by molar-refractivity contribution is 0.686. The first kappa shape index (κ1) is 15.6. The molecule has 20 heavy (non-hydrogen) atoms. The Kier molecular flexibility index (Phi) is 4.90. The average molecular weight is 353 g/mol. The van der Waals surface area contributed by atoms with Crippen LogP contribution in [-0.4, -0.2) is 7.05 Å². The van der Waals surface area contributed by atoms with Crippen molar-refractivity contribution in [3.8, 4) is 0 Å². The molecule has 1 N–H and O–H groups in total. The summed E-state index contributed by atoms with van der Waals surface area (Å²) in [5.74, 6) is 0. The maximum atomic E-state index is 6.47. The maximum Gasteiger partial charge on any atom is 0.0592 e. The molecule has 1 unspecified atom stereocenters. The van der Waals surface area contributed by atoms with E-state index in [1.807, 2.05) is 13.1 Å². The standard InChI is InChI=1S/C17H19BrClN/c1-10-8-14(16(19)9-11(10)2)17(20-4)13-6-5-7-15(18)12(13)3/h5-9,17,20H,1-4H3. The molecule has 2 rings (SSSR count). The minimum absolute atomic E-state index is 0.0966. The molecule has 0 bridgehead atoms. The fourth-order valence-electron chi connectivity index (χ4n) is 2.44. The molecule has 0 aliphatic rings. The van der Waals surface area contributed by atoms with E-state index in [4.69, 9.17) is 11.6 Å². The molecule has 0 fully saturated rings. The molecule has 0 saturated carbocycles. The molecule has 0 aliphatic heterocycles. The van der Waals surface area contributed by atoms with E-state index in [-0.39, 0.29) is 6.04 Å². The van der Waals surface area contributed by atoms with Gasteiger partial charge >= 0.3 is 0 Å². The van der Waals surface area contributed by atoms with Crippen LogP contribution in [0.3, 0.4) is 0 Å². The van der Waals surface area contributed by atoms with Gasteiger partial charge in [0, 0.05) is 9.50 Å². The van der Waals surface area contributed by atoms with E-state index in [9.17, 15) is 0 Å². The van der Waals surface area contributed by atoms with E-state index in [2.05, 4.69) is 66.3 Å². The first-order chi connectivity index (χ1) is 9.45. The second-order valence-corrected chi connectivity index (χ2v) is 6.40. The van der Waals surface area contributed by atoms with Crippen molar-refractivity contribution < 1.29 is 0 Å². The van der Waals surface area contributed by atoms with Gasteiger partial charge in [0.25, 0.3) is 0 Å². The molecule has 0 radical (unpaired) electrons. The Bertz CT molecular complexity index is 637. The van der Waals surface area contributed by atoms with Crippen molar-refractivity contribution in [3.63, 3.8) is 0 Å². The lowest BCUT2D eigenvalue weighted by Gasteiger charge is -2.22. The summed E-state index contributed by atoms with van der Waals surface area (Å²) < 4.78 is 1.12. The number of aryl methyl sites for hydroxylation is 2. The van der Waals surface area contributed by atoms with Gasteiger partial charge in [0.1, 0.15) is 0 Å². The highest BCUT2D eigenvalue weighted by Crippen LogP contribution is 2.33. The summed E-state index contributed by atoms with van der Waals surface area (Å²) in [6.45, 7) is 6.33. The molecule has 2 aromatic rings. The van der Waals surface area contributed by atoms with Crippen LogP contribution in [0.4, 0.5) is 0 Å². The van der Waals surface area contributed by atoms with Crippen LogP contribution in [-0.2, 0) is 0 Å². The fourth-order valence-corrected chi connectivity index (χ4v) is 3.15. The Morgan fingerprint density at radius 1 is 1.05 bits per heavy atom. The van der Waals surface area contributed by atoms with E-state index < -0.39 is 0 Å². The van der Waals surface area contributed by atoms with Gasteiger partial charge in [-0.15, -0.1) is 0 Å². The highest BCUT2D eigenvalue weighted by Gasteiger charge is 2.18. The second-order valence-electron chi connectivity index (χ2n) is 5.13. The second kappa shape index (κ2) is 6.30. The van der Waals surface area contributed by atoms with Gasteiger partial charge in [-0.25, -0.2) is 0 Å². The van der Waals surface area contributed by atoms with Crippen molar-refractivity contribution in [3.05, 3.63) is 67.6 Å². The van der Waals surface area contributed by atoms with Gasteiger partial charge in [-0.05, 0) is 67.8 Å². The average Bonchev–Trinajstić information content (AvgIpc) is 2.41. The third kappa shape index (κ3) is 2.93. The predicted octanol–water partition coefficient (Wildman–Crippen LogP) is 5.34. The molecule has 1 nitrogen and oxygen atoms in total. The smallest absolute Gasteiger partial charge is 0.0592 e. The normalized spacial score (nSPS) is 12.5. The van der Waals surface area contributed by atoms with E-state index in [0.29, 0.717) is 0 Å². The van der Waals surface area contributed by atoms with Crippen LogP contribution < -0.4 is 5.32 Å². The first-order valence-corrected chi connectivity index (χ1v) is 7.81. The maximum absolute atomic E-state index is 6.47. The zero-order valence-electron chi connectivity index (χ0n) is 12.2. The predicted molar refractivity (Wildman–Crippen MR) is 90.7 cm³/mol. The highest BCUT2D eigenvalue weighted by molar-refractivity contribution is 9.10. The lowest BCUT2D eigenvalue weighted by atomic mass is 9.93. The topological polar surface area (TPSA) is 12.0 Å². The summed E-state index contributed by atoms with van der Waals surface area (Å²) in [7, 11) is 1.97. The first-order valence-electron chi connectivity index (χ1n) is 6.64. The Balaban J connectivity index is 2.58. The molecule has 0 amide bonds. The lowest BCUT2D eigenvalue weighted by Crippen LogP contribution is -2.19. The van der Waals surface area contributed by atoms with Crippen LogP contribution in [0.25, 0.3) is 0 Å². The SMILES string of the molecule is CNC(c1cc(C)c(C)cc1Cl)c1cccc(Br)c1C. The number of hydrogen-bond acceptors (Lipinski definition) is 1. The summed E-state index contributed by atoms with van der Waals surface area (Å²) in [5, 5.41) is 4.20. The summed E-state index contributed by atoms with van der Waals surface area (Å²) >= 11 is 10.1. The molecule has 0 spiro atoms. The Morgan fingerprint density at radius 2 is 1.70 bits per heavy atom. The fraction of sp³-hybridized carbons (Fsp3) is 0.294. The minimum Gasteiger partial charge on any atom is -0.309 e. The monoisotopic (exact) mass is 351 g/mol. The van der Waals surface area contributed by atoms with Gasteiger partial charge in [0.05, 0.1) is 6.04 Å². The van der Waals surface area contributed by atoms with Crippen molar-refractivity contribution in [1.82, 2.24) is 5.32 Å². The van der Waals surface area contributed by atoms with Gasteiger partial charge in [0.15, 0.2) is 0 Å². The molecule has 2 aromatic carbocycles.